The van der Waals surface area contributed by atoms with Gasteiger partial charge in [0.1, 0.15) is 12.4 Å². The number of amidine groups is 1. The molecule has 10 nitrogen and oxygen atoms in total. The number of ether oxygens (including phenoxy) is 2. The number of nitro groups is 1. The van der Waals surface area contributed by atoms with Gasteiger partial charge in [0.2, 0.25) is 0 Å². The maximum absolute atomic E-state index is 11.7. The minimum atomic E-state index is -0.627. The molecule has 1 aliphatic heterocycles. The molecule has 2 aromatic rings. The first-order chi connectivity index (χ1) is 14.9. The van der Waals surface area contributed by atoms with Crippen LogP contribution in [0.2, 0.25) is 0 Å². The third kappa shape index (κ3) is 6.24. The average molecular weight is 440 g/mol. The Bertz CT molecular complexity index is 1080. The van der Waals surface area contributed by atoms with Crippen molar-refractivity contribution in [1.29, 1.82) is 0 Å². The second kappa shape index (κ2) is 10.2. The highest BCUT2D eigenvalue weighted by Crippen LogP contribution is 2.23. The van der Waals surface area contributed by atoms with Crippen molar-refractivity contribution in [1.82, 2.24) is 5.32 Å². The lowest BCUT2D eigenvalue weighted by molar-refractivity contribution is -0.384. The van der Waals surface area contributed by atoms with E-state index >= 15 is 0 Å². The lowest BCUT2D eigenvalue weighted by Crippen LogP contribution is -2.19. The van der Waals surface area contributed by atoms with Crippen molar-refractivity contribution in [3.63, 3.8) is 0 Å². The highest BCUT2D eigenvalue weighted by atomic mass is 32.2. The van der Waals surface area contributed by atoms with Crippen molar-refractivity contribution in [2.45, 2.75) is 6.61 Å². The first kappa shape index (κ1) is 21.7. The van der Waals surface area contributed by atoms with E-state index in [9.17, 15) is 19.7 Å². The molecule has 0 spiro atoms. The molecule has 1 heterocycles. The van der Waals surface area contributed by atoms with Crippen molar-refractivity contribution < 1.29 is 24.0 Å². The molecule has 1 saturated heterocycles. The van der Waals surface area contributed by atoms with Gasteiger partial charge in [0.15, 0.2) is 5.17 Å². The highest BCUT2D eigenvalue weighted by molar-refractivity contribution is 8.18. The third-order valence-corrected chi connectivity index (χ3v) is 4.79. The molecule has 0 saturated carbocycles. The quantitative estimate of drug-likeness (QED) is 0.230. The molecular weight excluding hydrogens is 424 g/mol. The zero-order valence-corrected chi connectivity index (χ0v) is 17.0. The number of carbonyl (C=O) groups is 2. The summed E-state index contributed by atoms with van der Waals surface area (Å²) in [5.74, 6) is -0.449. The largest absolute Gasteiger partial charge is 0.489 e. The number of thioether (sulfide) groups is 1. The first-order valence-corrected chi connectivity index (χ1v) is 9.62. The molecule has 3 rings (SSSR count). The molecule has 0 atom stereocenters. The number of methoxy groups -OCH3 is 1. The number of rotatable bonds is 7. The first-order valence-electron chi connectivity index (χ1n) is 8.80. The zero-order valence-electron chi connectivity index (χ0n) is 16.2. The Balaban J connectivity index is 1.53. The molecule has 1 fully saturated rings. The van der Waals surface area contributed by atoms with Crippen LogP contribution in [0.4, 0.5) is 5.69 Å². The number of non-ortho nitro benzene ring substituents is 1. The van der Waals surface area contributed by atoms with Gasteiger partial charge in [-0.05, 0) is 59.3 Å². The van der Waals surface area contributed by atoms with Crippen LogP contribution in [0.3, 0.4) is 0 Å². The summed E-state index contributed by atoms with van der Waals surface area (Å²) in [7, 11) is 1.22. The van der Waals surface area contributed by atoms with E-state index in [-0.39, 0.29) is 22.4 Å². The van der Waals surface area contributed by atoms with Crippen molar-refractivity contribution in [3.8, 4) is 5.75 Å². The van der Waals surface area contributed by atoms with Crippen LogP contribution < -0.4 is 10.1 Å². The summed E-state index contributed by atoms with van der Waals surface area (Å²) in [6.45, 7) is 0.275. The van der Waals surface area contributed by atoms with E-state index in [0.29, 0.717) is 5.75 Å². The number of nitrogens with one attached hydrogen (secondary N) is 1. The molecule has 1 aliphatic rings. The molecule has 0 aliphatic carbocycles. The summed E-state index contributed by atoms with van der Waals surface area (Å²) in [6, 6.07) is 13.2. The molecular formula is C20H16N4O6S. The van der Waals surface area contributed by atoms with Gasteiger partial charge in [0.05, 0.1) is 23.2 Å². The van der Waals surface area contributed by atoms with Gasteiger partial charge in [0, 0.05) is 18.2 Å². The van der Waals surface area contributed by atoms with Crippen LogP contribution in [0.25, 0.3) is 0 Å². The predicted octanol–water partition coefficient (Wildman–Crippen LogP) is 2.78. The Morgan fingerprint density at radius 3 is 2.55 bits per heavy atom. The fourth-order valence-electron chi connectivity index (χ4n) is 2.32. The summed E-state index contributed by atoms with van der Waals surface area (Å²) in [4.78, 5) is 33.3. The molecule has 1 amide bonds. The van der Waals surface area contributed by atoms with Gasteiger partial charge >= 0.3 is 5.97 Å². The maximum atomic E-state index is 11.7. The van der Waals surface area contributed by atoms with Crippen molar-refractivity contribution >= 4 is 40.7 Å². The molecule has 158 valence electrons. The number of carbonyl (C=O) groups excluding carboxylic acids is 2. The van der Waals surface area contributed by atoms with Crippen molar-refractivity contribution in [2.75, 3.05) is 7.11 Å². The standard InChI is InChI=1S/C20H16N4O6S/c1-29-18(25)10-17-19(26)22-20(31-17)23-21-11-13-4-8-16(9-5-13)30-12-14-2-6-15(7-3-14)24(27)28/h2-11H,12H2,1H3,(H,22,23,26)/b17-10+,21-11?. The summed E-state index contributed by atoms with van der Waals surface area (Å²) in [6.07, 6.45) is 2.59. The number of hydrogen-bond donors (Lipinski definition) is 1. The Morgan fingerprint density at radius 2 is 1.90 bits per heavy atom. The molecule has 0 aromatic heterocycles. The molecule has 0 radical (unpaired) electrons. The van der Waals surface area contributed by atoms with Crippen LogP contribution in [0.5, 0.6) is 5.75 Å². The second-order valence-corrected chi connectivity index (χ2v) is 7.05. The Morgan fingerprint density at radius 1 is 1.19 bits per heavy atom. The molecule has 0 bridgehead atoms. The number of benzene rings is 2. The van der Waals surface area contributed by atoms with Crippen LogP contribution >= 0.6 is 11.8 Å². The molecule has 11 heteroatoms. The molecule has 1 N–H and O–H groups in total. The average Bonchev–Trinajstić information content (AvgIpc) is 3.12. The summed E-state index contributed by atoms with van der Waals surface area (Å²) in [5.41, 5.74) is 1.60. The smallest absolute Gasteiger partial charge is 0.331 e. The predicted molar refractivity (Wildman–Crippen MR) is 115 cm³/mol. The monoisotopic (exact) mass is 440 g/mol. The number of amides is 1. The van der Waals surface area contributed by atoms with E-state index in [0.717, 1.165) is 29.0 Å². The van der Waals surface area contributed by atoms with E-state index in [4.69, 9.17) is 4.74 Å². The fraction of sp³-hybridized carbons (Fsp3) is 0.100. The third-order valence-electron chi connectivity index (χ3n) is 3.89. The Labute approximate surface area is 180 Å². The summed E-state index contributed by atoms with van der Waals surface area (Å²) >= 11 is 0.985. The van der Waals surface area contributed by atoms with Gasteiger partial charge in [-0.25, -0.2) is 4.79 Å². The minimum Gasteiger partial charge on any atom is -0.489 e. The summed E-state index contributed by atoms with van der Waals surface area (Å²) in [5, 5.41) is 21.3. The molecule has 31 heavy (non-hydrogen) atoms. The van der Waals surface area contributed by atoms with Crippen LogP contribution in [-0.2, 0) is 20.9 Å². The Kier molecular flexibility index (Phi) is 7.12. The fourth-order valence-corrected chi connectivity index (χ4v) is 3.06. The summed E-state index contributed by atoms with van der Waals surface area (Å²) < 4.78 is 10.1. The van der Waals surface area contributed by atoms with Gasteiger partial charge in [-0.1, -0.05) is 0 Å². The van der Waals surface area contributed by atoms with Crippen molar-refractivity contribution in [3.05, 3.63) is 80.8 Å². The molecule has 2 aromatic carbocycles. The molecule has 0 unspecified atom stereocenters. The van der Waals surface area contributed by atoms with E-state index in [1.54, 1.807) is 36.4 Å². The van der Waals surface area contributed by atoms with Gasteiger partial charge in [0.25, 0.3) is 11.6 Å². The van der Waals surface area contributed by atoms with E-state index in [1.807, 2.05) is 0 Å². The minimum absolute atomic E-state index is 0.0299. The maximum Gasteiger partial charge on any atom is 0.331 e. The Hall–Kier alpha value is -3.99. The number of hydrogen-bond acceptors (Lipinski definition) is 9. The van der Waals surface area contributed by atoms with Crippen LogP contribution in [0.1, 0.15) is 11.1 Å². The van der Waals surface area contributed by atoms with Gasteiger partial charge < -0.3 is 9.47 Å². The zero-order chi connectivity index (χ0) is 22.2. The normalized spacial score (nSPS) is 16.0. The highest BCUT2D eigenvalue weighted by Gasteiger charge is 2.24. The second-order valence-electron chi connectivity index (χ2n) is 6.02. The van der Waals surface area contributed by atoms with E-state index in [1.165, 1.54) is 25.5 Å². The van der Waals surface area contributed by atoms with E-state index < -0.39 is 16.8 Å². The van der Waals surface area contributed by atoms with Crippen LogP contribution in [0, 0.1) is 10.1 Å². The van der Waals surface area contributed by atoms with Crippen LogP contribution in [-0.4, -0.2) is 35.3 Å². The van der Waals surface area contributed by atoms with Crippen LogP contribution in [0.15, 0.2) is 69.7 Å². The van der Waals surface area contributed by atoms with Gasteiger partial charge in [-0.3, -0.25) is 20.2 Å². The van der Waals surface area contributed by atoms with Gasteiger partial charge in [-0.2, -0.15) is 5.10 Å². The lowest BCUT2D eigenvalue weighted by Gasteiger charge is -2.06. The van der Waals surface area contributed by atoms with E-state index in [2.05, 4.69) is 20.3 Å². The topological polar surface area (TPSA) is 132 Å². The van der Waals surface area contributed by atoms with Crippen molar-refractivity contribution in [2.24, 2.45) is 10.2 Å². The number of nitrogens with zero attached hydrogens (tertiary/aromatic N) is 3. The van der Waals surface area contributed by atoms with Gasteiger partial charge in [-0.15, -0.1) is 5.10 Å². The number of nitro benzene ring substituents is 1. The number of esters is 1. The lowest BCUT2D eigenvalue weighted by atomic mass is 10.2. The SMILES string of the molecule is COC(=O)/C=C1/S/C(=N\N=Cc2ccc(OCc3ccc([N+](=O)[O-])cc3)cc2)NC1=O.